The van der Waals surface area contributed by atoms with Gasteiger partial charge in [0.1, 0.15) is 12.4 Å². The van der Waals surface area contributed by atoms with E-state index < -0.39 is 12.0 Å². The largest absolute Gasteiger partial charge is 0.488 e. The van der Waals surface area contributed by atoms with Crippen molar-refractivity contribution in [2.45, 2.75) is 33.4 Å². The minimum absolute atomic E-state index is 0.216. The number of thiazole rings is 1. The number of hydrogen-bond acceptors (Lipinski definition) is 6. The van der Waals surface area contributed by atoms with Crippen LogP contribution in [0.3, 0.4) is 0 Å². The number of esters is 1. The van der Waals surface area contributed by atoms with Crippen molar-refractivity contribution >= 4 is 46.6 Å². The Kier molecular flexibility index (Phi) is 8.26. The maximum Gasteiger partial charge on any atom is 0.338 e. The fourth-order valence-electron chi connectivity index (χ4n) is 4.55. The molecule has 40 heavy (non-hydrogen) atoms. The lowest BCUT2D eigenvalue weighted by Crippen LogP contribution is -2.39. The molecular weight excluding hydrogens is 567 g/mol. The van der Waals surface area contributed by atoms with Gasteiger partial charge in [0, 0.05) is 15.6 Å². The van der Waals surface area contributed by atoms with Gasteiger partial charge in [-0.15, -0.1) is 0 Å². The first-order chi connectivity index (χ1) is 19.2. The number of fused-ring (bicyclic) bond motifs is 1. The van der Waals surface area contributed by atoms with Crippen LogP contribution < -0.4 is 19.6 Å². The number of rotatable bonds is 7. The second kappa shape index (κ2) is 11.8. The van der Waals surface area contributed by atoms with Crippen molar-refractivity contribution in [3.63, 3.8) is 0 Å². The molecule has 1 aliphatic rings. The lowest BCUT2D eigenvalue weighted by molar-refractivity contribution is -0.139. The molecule has 204 valence electrons. The quantitative estimate of drug-likeness (QED) is 0.247. The molecule has 0 unspecified atom stereocenters. The molecule has 0 fully saturated rings. The zero-order valence-electron chi connectivity index (χ0n) is 22.1. The van der Waals surface area contributed by atoms with Gasteiger partial charge in [-0.3, -0.25) is 9.36 Å². The summed E-state index contributed by atoms with van der Waals surface area (Å²) in [6.45, 7) is 6.01. The Morgan fingerprint density at radius 1 is 1.05 bits per heavy atom. The molecule has 5 rings (SSSR count). The first-order valence-corrected chi connectivity index (χ1v) is 14.3. The normalized spacial score (nSPS) is 15.0. The highest BCUT2D eigenvalue weighted by Gasteiger charge is 2.33. The number of allylic oxidation sites excluding steroid dienone is 1. The minimum Gasteiger partial charge on any atom is -0.488 e. The van der Waals surface area contributed by atoms with Crippen molar-refractivity contribution < 1.29 is 14.3 Å². The summed E-state index contributed by atoms with van der Waals surface area (Å²) in [5, 5.41) is 1.13. The molecular formula is C31H26Cl2N2O4S. The highest BCUT2D eigenvalue weighted by Crippen LogP contribution is 2.31. The van der Waals surface area contributed by atoms with Crippen molar-refractivity contribution in [1.82, 2.24) is 4.57 Å². The van der Waals surface area contributed by atoms with Crippen LogP contribution in [0.25, 0.3) is 6.08 Å². The van der Waals surface area contributed by atoms with Gasteiger partial charge in [-0.1, -0.05) is 76.5 Å². The topological polar surface area (TPSA) is 69.9 Å². The Morgan fingerprint density at radius 3 is 2.52 bits per heavy atom. The first kappa shape index (κ1) is 27.9. The molecule has 3 aromatic carbocycles. The number of carbonyl (C=O) groups excluding carboxylic acids is 1. The van der Waals surface area contributed by atoms with Gasteiger partial charge in [0.2, 0.25) is 0 Å². The van der Waals surface area contributed by atoms with Crippen molar-refractivity contribution in [2.75, 3.05) is 6.61 Å². The van der Waals surface area contributed by atoms with Crippen LogP contribution in [0.4, 0.5) is 0 Å². The highest BCUT2D eigenvalue weighted by molar-refractivity contribution is 7.07. The molecule has 6 nitrogen and oxygen atoms in total. The summed E-state index contributed by atoms with van der Waals surface area (Å²) in [5.74, 6) is 0.0730. The molecule has 0 saturated carbocycles. The molecule has 1 aliphatic heterocycles. The number of aromatic nitrogens is 1. The third-order valence-electron chi connectivity index (χ3n) is 6.45. The predicted octanol–water partition coefficient (Wildman–Crippen LogP) is 5.99. The van der Waals surface area contributed by atoms with Gasteiger partial charge in [-0.2, -0.15) is 0 Å². The Bertz CT molecular complexity index is 1810. The van der Waals surface area contributed by atoms with E-state index in [0.717, 1.165) is 16.7 Å². The summed E-state index contributed by atoms with van der Waals surface area (Å²) < 4.78 is 13.5. The van der Waals surface area contributed by atoms with Gasteiger partial charge in [0.15, 0.2) is 4.80 Å². The highest BCUT2D eigenvalue weighted by atomic mass is 35.5. The third-order valence-corrected chi connectivity index (χ3v) is 7.91. The van der Waals surface area contributed by atoms with Crippen LogP contribution in [-0.2, 0) is 16.1 Å². The molecule has 4 aromatic rings. The standard InChI is InChI=1S/C31H26Cl2N2O4S/c1-4-38-30(37)27-19(3)34-31-35(28(27)21-10-8-18(2)9-11-21)29(36)26(40-31)16-22-15-24(33)12-13-25(22)39-17-20-6-5-7-23(32)14-20/h5-16,28H,4,17H2,1-3H3/b26-16-/t28-/m0/s1. The molecule has 0 bridgehead atoms. The number of nitrogens with zero attached hydrogens (tertiary/aromatic N) is 2. The van der Waals surface area contributed by atoms with Crippen LogP contribution in [0.2, 0.25) is 10.0 Å². The predicted molar refractivity (Wildman–Crippen MR) is 159 cm³/mol. The zero-order valence-corrected chi connectivity index (χ0v) is 24.4. The maximum absolute atomic E-state index is 13.9. The van der Waals surface area contributed by atoms with Crippen LogP contribution >= 0.6 is 34.5 Å². The number of carbonyl (C=O) groups is 1. The van der Waals surface area contributed by atoms with E-state index in [1.54, 1.807) is 48.8 Å². The molecule has 0 radical (unpaired) electrons. The lowest BCUT2D eigenvalue weighted by Gasteiger charge is -2.24. The minimum atomic E-state index is -0.670. The Morgan fingerprint density at radius 2 is 1.80 bits per heavy atom. The average Bonchev–Trinajstić information content (AvgIpc) is 3.22. The van der Waals surface area contributed by atoms with E-state index in [0.29, 0.717) is 48.6 Å². The molecule has 1 aromatic heterocycles. The van der Waals surface area contributed by atoms with Gasteiger partial charge in [-0.05, 0) is 68.3 Å². The SMILES string of the molecule is CCOC(=O)C1=C(C)N=c2s/c(=C\c3cc(Cl)ccc3OCc3cccc(Cl)c3)c(=O)n2[C@H]1c1ccc(C)cc1. The molecule has 0 spiro atoms. The van der Waals surface area contributed by atoms with E-state index in [1.807, 2.05) is 49.4 Å². The van der Waals surface area contributed by atoms with Gasteiger partial charge in [0.05, 0.1) is 28.5 Å². The average molecular weight is 594 g/mol. The summed E-state index contributed by atoms with van der Waals surface area (Å²) in [6, 6.07) is 19.8. The van der Waals surface area contributed by atoms with E-state index in [4.69, 9.17) is 32.7 Å². The Hall–Kier alpha value is -3.65. The molecule has 2 heterocycles. The number of halogens is 2. The van der Waals surface area contributed by atoms with Crippen LogP contribution in [0.1, 0.15) is 42.1 Å². The van der Waals surface area contributed by atoms with Gasteiger partial charge in [0.25, 0.3) is 5.56 Å². The number of benzene rings is 3. The summed E-state index contributed by atoms with van der Waals surface area (Å²) in [7, 11) is 0. The monoisotopic (exact) mass is 592 g/mol. The third kappa shape index (κ3) is 5.77. The summed E-state index contributed by atoms with van der Waals surface area (Å²) in [4.78, 5) is 32.1. The molecule has 0 amide bonds. The summed E-state index contributed by atoms with van der Waals surface area (Å²) >= 11 is 13.7. The van der Waals surface area contributed by atoms with Crippen LogP contribution in [0.15, 0.2) is 87.8 Å². The Balaban J connectivity index is 1.62. The molecule has 0 N–H and O–H groups in total. The van der Waals surface area contributed by atoms with Crippen molar-refractivity contribution in [1.29, 1.82) is 0 Å². The second-order valence-electron chi connectivity index (χ2n) is 9.31. The van der Waals surface area contributed by atoms with Crippen LogP contribution in [0.5, 0.6) is 5.75 Å². The summed E-state index contributed by atoms with van der Waals surface area (Å²) in [6.07, 6.45) is 1.75. The van der Waals surface area contributed by atoms with Gasteiger partial charge >= 0.3 is 5.97 Å². The van der Waals surface area contributed by atoms with Crippen LogP contribution in [-0.4, -0.2) is 17.1 Å². The molecule has 0 aliphatic carbocycles. The first-order valence-electron chi connectivity index (χ1n) is 12.7. The zero-order chi connectivity index (χ0) is 28.4. The smallest absolute Gasteiger partial charge is 0.338 e. The maximum atomic E-state index is 13.9. The van der Waals surface area contributed by atoms with Gasteiger partial charge in [-0.25, -0.2) is 9.79 Å². The number of hydrogen-bond donors (Lipinski definition) is 0. The van der Waals surface area contributed by atoms with E-state index >= 15 is 0 Å². The second-order valence-corrected chi connectivity index (χ2v) is 11.2. The molecule has 9 heteroatoms. The van der Waals surface area contributed by atoms with E-state index in [1.165, 1.54) is 11.3 Å². The number of ether oxygens (including phenoxy) is 2. The van der Waals surface area contributed by atoms with Crippen molar-refractivity contribution in [2.24, 2.45) is 4.99 Å². The van der Waals surface area contributed by atoms with E-state index in [9.17, 15) is 9.59 Å². The molecule has 1 atom stereocenters. The van der Waals surface area contributed by atoms with Gasteiger partial charge < -0.3 is 9.47 Å². The number of aryl methyl sites for hydroxylation is 1. The summed E-state index contributed by atoms with van der Waals surface area (Å²) in [5.41, 5.74) is 4.01. The fourth-order valence-corrected chi connectivity index (χ4v) is 5.98. The lowest BCUT2D eigenvalue weighted by atomic mass is 9.95. The van der Waals surface area contributed by atoms with E-state index in [2.05, 4.69) is 4.99 Å². The van der Waals surface area contributed by atoms with E-state index in [-0.39, 0.29) is 12.2 Å². The molecule has 0 saturated heterocycles. The fraction of sp³-hybridized carbons (Fsp3) is 0.194. The Labute approximate surface area is 245 Å². The van der Waals surface area contributed by atoms with Crippen molar-refractivity contribution in [3.05, 3.63) is 130 Å². The van der Waals surface area contributed by atoms with Crippen molar-refractivity contribution in [3.8, 4) is 5.75 Å². The van der Waals surface area contributed by atoms with Crippen LogP contribution in [0, 0.1) is 6.92 Å².